The number of nitrogens with zero attached hydrogens (tertiary/aromatic N) is 1. The number of primary amides is 1. The van der Waals surface area contributed by atoms with Crippen LogP contribution in [0.15, 0.2) is 35.9 Å². The molecule has 5 aliphatic rings. The molecule has 1 aromatic rings. The number of hydrogen-bond acceptors (Lipinski definition) is 3. The summed E-state index contributed by atoms with van der Waals surface area (Å²) >= 11 is 0. The number of nitrogens with one attached hydrogen (secondary N) is 1. The van der Waals surface area contributed by atoms with Gasteiger partial charge >= 0.3 is 0 Å². The maximum atomic E-state index is 13.0. The monoisotopic (exact) mass is 421 g/mol. The average Bonchev–Trinajstić information content (AvgIpc) is 3.17. The molecule has 6 rings (SSSR count). The minimum absolute atomic E-state index is 0.0337. The van der Waals surface area contributed by atoms with E-state index in [-0.39, 0.29) is 23.3 Å². The fourth-order valence-corrected chi connectivity index (χ4v) is 7.45. The molecule has 1 aliphatic heterocycles. The lowest BCUT2D eigenvalue weighted by atomic mass is 9.48. The van der Waals surface area contributed by atoms with Gasteiger partial charge < -0.3 is 11.1 Å². The minimum atomic E-state index is -0.256. The summed E-state index contributed by atoms with van der Waals surface area (Å²) in [4.78, 5) is 26.9. The van der Waals surface area contributed by atoms with Crippen molar-refractivity contribution < 1.29 is 9.59 Å². The summed E-state index contributed by atoms with van der Waals surface area (Å²) in [5.74, 6) is 2.33. The van der Waals surface area contributed by atoms with Crippen molar-refractivity contribution in [1.29, 1.82) is 0 Å². The lowest BCUT2D eigenvalue weighted by Crippen LogP contribution is -2.46. The zero-order valence-corrected chi connectivity index (χ0v) is 18.6. The molecule has 0 spiro atoms. The van der Waals surface area contributed by atoms with Crippen LogP contribution >= 0.6 is 0 Å². The first-order valence-electron chi connectivity index (χ1n) is 12.0. The number of carbonyl (C=O) groups is 2. The average molecular weight is 422 g/mol. The van der Waals surface area contributed by atoms with Crippen LogP contribution in [-0.2, 0) is 16.1 Å². The van der Waals surface area contributed by atoms with Crippen LogP contribution in [0.2, 0.25) is 0 Å². The smallest absolute Gasteiger partial charge is 0.248 e. The van der Waals surface area contributed by atoms with E-state index in [1.807, 2.05) is 30.3 Å². The van der Waals surface area contributed by atoms with Gasteiger partial charge in [0.15, 0.2) is 0 Å². The van der Waals surface area contributed by atoms with E-state index >= 15 is 0 Å². The first-order valence-corrected chi connectivity index (χ1v) is 12.0. The van der Waals surface area contributed by atoms with Crippen LogP contribution in [0, 0.1) is 23.2 Å². The quantitative estimate of drug-likeness (QED) is 0.675. The van der Waals surface area contributed by atoms with E-state index in [4.69, 9.17) is 5.73 Å². The molecule has 166 valence electrons. The van der Waals surface area contributed by atoms with Crippen molar-refractivity contribution in [3.8, 4) is 0 Å². The van der Waals surface area contributed by atoms with Crippen LogP contribution in [0.25, 0.3) is 0 Å². The second kappa shape index (κ2) is 8.09. The number of rotatable bonds is 6. The number of carbonyl (C=O) groups excluding carboxylic acids is 2. The Morgan fingerprint density at radius 2 is 1.77 bits per heavy atom. The number of hydrogen-bond donors (Lipinski definition) is 2. The number of benzene rings is 1. The van der Waals surface area contributed by atoms with E-state index in [2.05, 4.69) is 17.1 Å². The molecule has 0 aromatic heterocycles. The summed E-state index contributed by atoms with van der Waals surface area (Å²) < 4.78 is 0. The van der Waals surface area contributed by atoms with E-state index in [0.717, 1.165) is 48.4 Å². The van der Waals surface area contributed by atoms with Gasteiger partial charge in [0.1, 0.15) is 0 Å². The number of anilines is 1. The fraction of sp³-hybridized carbons (Fsp3) is 0.615. The van der Waals surface area contributed by atoms with Crippen molar-refractivity contribution in [2.75, 3.05) is 11.9 Å². The van der Waals surface area contributed by atoms with Crippen LogP contribution in [0.3, 0.4) is 0 Å². The Hall–Kier alpha value is -2.14. The van der Waals surface area contributed by atoms with E-state index in [1.165, 1.54) is 44.1 Å². The van der Waals surface area contributed by atoms with Gasteiger partial charge in [-0.05, 0) is 99.6 Å². The van der Waals surface area contributed by atoms with Crippen molar-refractivity contribution in [2.24, 2.45) is 28.9 Å². The van der Waals surface area contributed by atoms with Crippen molar-refractivity contribution in [3.05, 3.63) is 41.5 Å². The maximum Gasteiger partial charge on any atom is 0.248 e. The summed E-state index contributed by atoms with van der Waals surface area (Å²) in [5, 5.41) is 3.13. The highest BCUT2D eigenvalue weighted by atomic mass is 16.2. The van der Waals surface area contributed by atoms with E-state index in [0.29, 0.717) is 6.54 Å². The highest BCUT2D eigenvalue weighted by Gasteiger charge is 2.51. The van der Waals surface area contributed by atoms with Gasteiger partial charge in [0.25, 0.3) is 0 Å². The second-order valence-electron chi connectivity index (χ2n) is 10.7. The standard InChI is InChI=1S/C26H35N3O2/c1-17(26-13-18-10-19(14-26)12-20(11-18)15-26)9-24(30)28-22-6-3-2-5-21(22)16-29-8-4-7-23(29)25(27)31/h2-3,5-6,9,18-20,23H,4,7-8,10-16H2,1H3,(H2,27,31)(H,28,30)/b17-9+. The zero-order valence-electron chi connectivity index (χ0n) is 18.6. The summed E-state index contributed by atoms with van der Waals surface area (Å²) in [6.07, 6.45) is 11.7. The molecule has 1 saturated heterocycles. The van der Waals surface area contributed by atoms with Gasteiger partial charge in [0, 0.05) is 18.3 Å². The molecule has 0 radical (unpaired) electrons. The summed E-state index contributed by atoms with van der Waals surface area (Å²) in [6.45, 7) is 3.67. The van der Waals surface area contributed by atoms with Crippen molar-refractivity contribution in [3.63, 3.8) is 0 Å². The zero-order chi connectivity index (χ0) is 21.6. The molecular weight excluding hydrogens is 386 g/mol. The van der Waals surface area contributed by atoms with Crippen LogP contribution in [0.4, 0.5) is 5.69 Å². The minimum Gasteiger partial charge on any atom is -0.368 e. The molecule has 4 aliphatic carbocycles. The van der Waals surface area contributed by atoms with Gasteiger partial charge in [0.2, 0.25) is 11.8 Å². The Bertz CT molecular complexity index is 870. The van der Waals surface area contributed by atoms with Crippen LogP contribution in [0.5, 0.6) is 0 Å². The molecule has 4 saturated carbocycles. The fourth-order valence-electron chi connectivity index (χ4n) is 7.45. The third-order valence-electron chi connectivity index (χ3n) is 8.56. The molecule has 5 heteroatoms. The number of likely N-dealkylation sites (tertiary alicyclic amines) is 1. The van der Waals surface area contributed by atoms with E-state index < -0.39 is 0 Å². The molecule has 1 aromatic carbocycles. The van der Waals surface area contributed by atoms with Gasteiger partial charge in [0.05, 0.1) is 6.04 Å². The Labute approximate surface area is 185 Å². The lowest BCUT2D eigenvalue weighted by Gasteiger charge is -2.57. The predicted octanol–water partition coefficient (Wildman–Crippen LogP) is 4.24. The molecule has 31 heavy (non-hydrogen) atoms. The number of allylic oxidation sites excluding steroid dienone is 1. The van der Waals surface area contributed by atoms with Gasteiger partial charge in [-0.25, -0.2) is 0 Å². The third-order valence-corrected chi connectivity index (χ3v) is 8.56. The Morgan fingerprint density at radius 3 is 2.42 bits per heavy atom. The van der Waals surface area contributed by atoms with Gasteiger partial charge in [-0.3, -0.25) is 14.5 Å². The normalized spacial score (nSPS) is 34.8. The summed E-state index contributed by atoms with van der Waals surface area (Å²) in [7, 11) is 0. The first kappa shape index (κ1) is 20.7. The van der Waals surface area contributed by atoms with E-state index in [1.54, 1.807) is 0 Å². The molecule has 1 atom stereocenters. The van der Waals surface area contributed by atoms with E-state index in [9.17, 15) is 9.59 Å². The molecule has 3 N–H and O–H groups in total. The molecule has 4 bridgehead atoms. The molecular formula is C26H35N3O2. The molecule has 5 nitrogen and oxygen atoms in total. The maximum absolute atomic E-state index is 13.0. The van der Waals surface area contributed by atoms with Crippen molar-refractivity contribution >= 4 is 17.5 Å². The number of amides is 2. The molecule has 1 unspecified atom stereocenters. The summed E-state index contributed by atoms with van der Waals surface area (Å²) in [5.41, 5.74) is 8.98. The van der Waals surface area contributed by atoms with Gasteiger partial charge in [-0.2, -0.15) is 0 Å². The van der Waals surface area contributed by atoms with Crippen LogP contribution in [-0.4, -0.2) is 29.3 Å². The molecule has 1 heterocycles. The SMILES string of the molecule is C/C(=C\C(=O)Nc1ccccc1CN1CCCC1C(N)=O)C12CC3CC(CC(C3)C1)C2. The highest BCUT2D eigenvalue weighted by Crippen LogP contribution is 2.62. The third kappa shape index (κ3) is 4.05. The Morgan fingerprint density at radius 1 is 1.13 bits per heavy atom. The Balaban J connectivity index is 1.29. The largest absolute Gasteiger partial charge is 0.368 e. The number of para-hydroxylation sites is 1. The first-order chi connectivity index (χ1) is 14.9. The van der Waals surface area contributed by atoms with Gasteiger partial charge in [-0.15, -0.1) is 0 Å². The van der Waals surface area contributed by atoms with Crippen molar-refractivity contribution in [2.45, 2.75) is 70.9 Å². The predicted molar refractivity (Wildman–Crippen MR) is 122 cm³/mol. The van der Waals surface area contributed by atoms with Crippen molar-refractivity contribution in [1.82, 2.24) is 4.90 Å². The summed E-state index contributed by atoms with van der Waals surface area (Å²) in [6, 6.07) is 7.71. The number of nitrogens with two attached hydrogens (primary N) is 1. The lowest BCUT2D eigenvalue weighted by molar-refractivity contribution is -0.122. The van der Waals surface area contributed by atoms with Crippen LogP contribution in [0.1, 0.15) is 63.9 Å². The van der Waals surface area contributed by atoms with Gasteiger partial charge in [-0.1, -0.05) is 23.8 Å². The molecule has 5 fully saturated rings. The molecule has 2 amide bonds. The topological polar surface area (TPSA) is 75.4 Å². The van der Waals surface area contributed by atoms with Crippen LogP contribution < -0.4 is 11.1 Å². The second-order valence-corrected chi connectivity index (χ2v) is 10.7. The Kier molecular flexibility index (Phi) is 5.41. The highest BCUT2D eigenvalue weighted by molar-refractivity contribution is 6.00.